The molecule has 3 aromatic carbocycles. The summed E-state index contributed by atoms with van der Waals surface area (Å²) in [5.41, 5.74) is 0.799. The number of aryl methyl sites for hydroxylation is 1. The Labute approximate surface area is 200 Å². The number of ether oxygens (including phenoxy) is 4. The maximum Gasteiger partial charge on any atom is 0.337 e. The van der Waals surface area contributed by atoms with Crippen molar-refractivity contribution in [1.82, 2.24) is 0 Å². The molecule has 0 aliphatic heterocycles. The minimum absolute atomic E-state index is 0.0340. The molecule has 0 N–H and O–H groups in total. The molecule has 4 aromatic rings. The number of hydrogen-bond acceptors (Lipinski definition) is 8. The number of hydrogen-bond donors (Lipinski definition) is 0. The van der Waals surface area contributed by atoms with Crippen LogP contribution in [0.5, 0.6) is 23.0 Å². The summed E-state index contributed by atoms with van der Waals surface area (Å²) in [5.74, 6) is 1.04. The van der Waals surface area contributed by atoms with Gasteiger partial charge >= 0.3 is 5.97 Å². The Morgan fingerprint density at radius 1 is 0.829 bits per heavy atom. The highest BCUT2D eigenvalue weighted by Gasteiger charge is 2.16. The van der Waals surface area contributed by atoms with Gasteiger partial charge in [-0.3, -0.25) is 9.59 Å². The molecule has 1 heterocycles. The zero-order valence-corrected chi connectivity index (χ0v) is 19.3. The van der Waals surface area contributed by atoms with Gasteiger partial charge in [-0.05, 0) is 67.6 Å². The van der Waals surface area contributed by atoms with Gasteiger partial charge in [-0.2, -0.15) is 0 Å². The topological polar surface area (TPSA) is 101 Å². The number of carbonyl (C=O) groups is 2. The summed E-state index contributed by atoms with van der Waals surface area (Å²) >= 11 is 0. The molecule has 0 aliphatic rings. The van der Waals surface area contributed by atoms with Crippen molar-refractivity contribution in [3.8, 4) is 23.0 Å². The number of Topliss-reactive ketones (excluding diaryl/α,β-unsaturated/α-hetero) is 1. The van der Waals surface area contributed by atoms with Crippen molar-refractivity contribution in [1.29, 1.82) is 0 Å². The van der Waals surface area contributed by atoms with E-state index in [1.807, 2.05) is 0 Å². The number of esters is 1. The number of ketones is 1. The summed E-state index contributed by atoms with van der Waals surface area (Å²) in [7, 11) is 2.85. The minimum atomic E-state index is -0.471. The molecule has 0 bridgehead atoms. The van der Waals surface area contributed by atoms with Gasteiger partial charge in [0.05, 0.1) is 25.2 Å². The Morgan fingerprint density at radius 3 is 2.11 bits per heavy atom. The molecule has 0 unspecified atom stereocenters. The van der Waals surface area contributed by atoms with Gasteiger partial charge in [-0.1, -0.05) is 0 Å². The first-order valence-electron chi connectivity index (χ1n) is 10.6. The molecule has 35 heavy (non-hydrogen) atoms. The molecule has 8 nitrogen and oxygen atoms in total. The van der Waals surface area contributed by atoms with Crippen LogP contribution >= 0.6 is 0 Å². The van der Waals surface area contributed by atoms with E-state index in [1.165, 1.54) is 19.2 Å². The highest BCUT2D eigenvalue weighted by atomic mass is 16.5. The lowest BCUT2D eigenvalue weighted by atomic mass is 10.1. The van der Waals surface area contributed by atoms with Crippen molar-refractivity contribution in [2.24, 2.45) is 0 Å². The predicted molar refractivity (Wildman–Crippen MR) is 128 cm³/mol. The van der Waals surface area contributed by atoms with Gasteiger partial charge in [0, 0.05) is 11.6 Å². The Balaban J connectivity index is 1.51. The van der Waals surface area contributed by atoms with Crippen LogP contribution in [0.4, 0.5) is 0 Å². The fourth-order valence-corrected chi connectivity index (χ4v) is 3.38. The van der Waals surface area contributed by atoms with Crippen LogP contribution in [0, 0.1) is 6.92 Å². The van der Waals surface area contributed by atoms with Gasteiger partial charge in [0.2, 0.25) is 11.2 Å². The molecule has 4 rings (SSSR count). The van der Waals surface area contributed by atoms with Crippen molar-refractivity contribution >= 4 is 22.7 Å². The van der Waals surface area contributed by atoms with Crippen LogP contribution in [0.15, 0.2) is 75.9 Å². The van der Waals surface area contributed by atoms with Crippen LogP contribution in [0.3, 0.4) is 0 Å². The van der Waals surface area contributed by atoms with Gasteiger partial charge in [0.25, 0.3) is 0 Å². The Hall–Kier alpha value is -4.59. The van der Waals surface area contributed by atoms with Gasteiger partial charge in [-0.15, -0.1) is 0 Å². The van der Waals surface area contributed by atoms with E-state index in [0.29, 0.717) is 39.3 Å². The first-order chi connectivity index (χ1) is 16.9. The van der Waals surface area contributed by atoms with Crippen LogP contribution in [-0.2, 0) is 4.74 Å². The third kappa shape index (κ3) is 5.16. The number of carbonyl (C=O) groups excluding carboxylic acids is 2. The standard InChI is InChI=1S/C27H22O8/c1-16-26(35-20-10-6-18(7-11-20)27(30)32-3)25(29)22-13-12-21(14-24(22)34-16)33-15-23(28)17-4-8-19(31-2)9-5-17/h4-14H,15H2,1-3H3. The van der Waals surface area contributed by atoms with Gasteiger partial charge in [0.15, 0.2) is 12.4 Å². The fourth-order valence-electron chi connectivity index (χ4n) is 3.38. The molecule has 1 aromatic heterocycles. The van der Waals surface area contributed by atoms with Crippen molar-refractivity contribution in [2.75, 3.05) is 20.8 Å². The molecule has 0 spiro atoms. The maximum absolute atomic E-state index is 13.0. The molecule has 0 fully saturated rings. The molecule has 0 amide bonds. The van der Waals surface area contributed by atoms with Gasteiger partial charge < -0.3 is 23.4 Å². The molecule has 0 saturated carbocycles. The number of benzene rings is 3. The molecule has 0 aliphatic carbocycles. The fraction of sp³-hybridized carbons (Fsp3) is 0.148. The van der Waals surface area contributed by atoms with E-state index in [0.717, 1.165) is 0 Å². The van der Waals surface area contributed by atoms with E-state index < -0.39 is 5.97 Å². The van der Waals surface area contributed by atoms with E-state index >= 15 is 0 Å². The summed E-state index contributed by atoms with van der Waals surface area (Å²) in [6.07, 6.45) is 0. The zero-order chi connectivity index (χ0) is 24.9. The van der Waals surface area contributed by atoms with Crippen LogP contribution in [-0.4, -0.2) is 32.6 Å². The average molecular weight is 474 g/mol. The maximum atomic E-state index is 13.0. The smallest absolute Gasteiger partial charge is 0.337 e. The number of methoxy groups -OCH3 is 2. The summed E-state index contributed by atoms with van der Waals surface area (Å²) in [6, 6.07) is 17.6. The van der Waals surface area contributed by atoms with E-state index in [9.17, 15) is 14.4 Å². The molecule has 0 radical (unpaired) electrons. The summed E-state index contributed by atoms with van der Waals surface area (Å²) in [6.45, 7) is 1.43. The lowest BCUT2D eigenvalue weighted by Crippen LogP contribution is -2.12. The first kappa shape index (κ1) is 23.6. The Morgan fingerprint density at radius 2 is 1.46 bits per heavy atom. The Bertz CT molecular complexity index is 1430. The second-order valence-electron chi connectivity index (χ2n) is 7.53. The van der Waals surface area contributed by atoms with Crippen LogP contribution in [0.25, 0.3) is 11.0 Å². The monoisotopic (exact) mass is 474 g/mol. The summed E-state index contributed by atoms with van der Waals surface area (Å²) < 4.78 is 26.9. The highest BCUT2D eigenvalue weighted by Crippen LogP contribution is 2.27. The minimum Gasteiger partial charge on any atom is -0.497 e. The lowest BCUT2D eigenvalue weighted by molar-refractivity contribution is 0.0600. The quantitative estimate of drug-likeness (QED) is 0.261. The van der Waals surface area contributed by atoms with E-state index in [2.05, 4.69) is 4.74 Å². The van der Waals surface area contributed by atoms with Crippen LogP contribution in [0.2, 0.25) is 0 Å². The van der Waals surface area contributed by atoms with Gasteiger partial charge in [0.1, 0.15) is 28.6 Å². The van der Waals surface area contributed by atoms with Crippen LogP contribution < -0.4 is 19.6 Å². The molecule has 0 saturated heterocycles. The lowest BCUT2D eigenvalue weighted by Gasteiger charge is -2.10. The highest BCUT2D eigenvalue weighted by molar-refractivity contribution is 5.97. The largest absolute Gasteiger partial charge is 0.497 e. The third-order valence-electron chi connectivity index (χ3n) is 5.26. The second kappa shape index (κ2) is 10.1. The number of rotatable bonds is 8. The average Bonchev–Trinajstić information content (AvgIpc) is 2.89. The first-order valence-corrected chi connectivity index (χ1v) is 10.6. The van der Waals surface area contributed by atoms with E-state index in [-0.39, 0.29) is 29.3 Å². The molecule has 0 atom stereocenters. The zero-order valence-electron chi connectivity index (χ0n) is 19.3. The predicted octanol–water partition coefficient (Wildman–Crippen LogP) is 4.95. The normalized spacial score (nSPS) is 10.6. The second-order valence-corrected chi connectivity index (χ2v) is 7.53. The van der Waals surface area contributed by atoms with Crippen molar-refractivity contribution in [3.63, 3.8) is 0 Å². The summed E-state index contributed by atoms with van der Waals surface area (Å²) in [5, 5.41) is 0.297. The van der Waals surface area contributed by atoms with E-state index in [4.69, 9.17) is 18.6 Å². The molecule has 178 valence electrons. The molecular formula is C27H22O8. The van der Waals surface area contributed by atoms with Gasteiger partial charge in [-0.25, -0.2) is 4.79 Å². The third-order valence-corrected chi connectivity index (χ3v) is 5.26. The molecule has 8 heteroatoms. The molecular weight excluding hydrogens is 452 g/mol. The van der Waals surface area contributed by atoms with Crippen molar-refractivity contribution in [3.05, 3.63) is 93.8 Å². The van der Waals surface area contributed by atoms with Crippen LogP contribution in [0.1, 0.15) is 26.5 Å². The number of fused-ring (bicyclic) bond motifs is 1. The Kier molecular flexibility index (Phi) is 6.82. The SMILES string of the molecule is COC(=O)c1ccc(Oc2c(C)oc3cc(OCC(=O)c4ccc(OC)cc4)ccc3c2=O)cc1. The van der Waals surface area contributed by atoms with E-state index in [1.54, 1.807) is 68.6 Å². The van der Waals surface area contributed by atoms with Crippen molar-refractivity contribution in [2.45, 2.75) is 6.92 Å². The van der Waals surface area contributed by atoms with Crippen molar-refractivity contribution < 1.29 is 33.0 Å². The summed E-state index contributed by atoms with van der Waals surface area (Å²) in [4.78, 5) is 37.0.